The molecule has 1 rings (SSSR count). The zero-order valence-corrected chi connectivity index (χ0v) is 10.9. The van der Waals surface area contributed by atoms with Gasteiger partial charge in [0.1, 0.15) is 0 Å². The van der Waals surface area contributed by atoms with E-state index in [0.29, 0.717) is 0 Å². The van der Waals surface area contributed by atoms with Crippen LogP contribution in [-0.2, 0) is 10.8 Å². The second-order valence-corrected chi connectivity index (χ2v) is 8.84. The van der Waals surface area contributed by atoms with Gasteiger partial charge in [-0.3, -0.25) is 0 Å². The van der Waals surface area contributed by atoms with E-state index in [9.17, 15) is 0 Å². The van der Waals surface area contributed by atoms with Crippen molar-refractivity contribution in [2.75, 3.05) is 7.11 Å². The van der Waals surface area contributed by atoms with E-state index in [1.165, 1.54) is 17.2 Å². The molecule has 0 bridgehead atoms. The van der Waals surface area contributed by atoms with Gasteiger partial charge in [-0.2, -0.15) is 0 Å². The third kappa shape index (κ3) is 4.02. The number of aryl methyl sites for hydroxylation is 1. The van der Waals surface area contributed by atoms with E-state index in [1.807, 2.05) is 13.2 Å². The molecular weight excluding hydrogens is 200 g/mol. The van der Waals surface area contributed by atoms with Crippen LogP contribution in [0.15, 0.2) is 30.8 Å². The van der Waals surface area contributed by atoms with Gasteiger partial charge in [0.05, 0.1) is 0 Å². The maximum atomic E-state index is 5.53. The average molecular weight is 220 g/mol. The summed E-state index contributed by atoms with van der Waals surface area (Å²) in [5.74, 6) is 0. The summed E-state index contributed by atoms with van der Waals surface area (Å²) in [4.78, 5) is 0. The minimum absolute atomic E-state index is 1.12. The fraction of sp³-hybridized carbons (Fsp3) is 0.385. The molecule has 0 amide bonds. The van der Waals surface area contributed by atoms with Crippen LogP contribution in [0.4, 0.5) is 0 Å². The van der Waals surface area contributed by atoms with Crippen LogP contribution in [0, 0.1) is 0 Å². The summed E-state index contributed by atoms with van der Waals surface area (Å²) in [6.45, 7) is 8.26. The summed E-state index contributed by atoms with van der Waals surface area (Å²) in [5, 5.41) is 0. The van der Waals surface area contributed by atoms with Crippen LogP contribution in [-0.4, -0.2) is 15.4 Å². The molecule has 2 heteroatoms. The van der Waals surface area contributed by atoms with E-state index >= 15 is 0 Å². The highest BCUT2D eigenvalue weighted by molar-refractivity contribution is 6.71. The lowest BCUT2D eigenvalue weighted by molar-refractivity contribution is 0.403. The Morgan fingerprint density at radius 1 is 1.27 bits per heavy atom. The maximum Gasteiger partial charge on any atom is 0.186 e. The highest BCUT2D eigenvalue weighted by atomic mass is 28.4. The Kier molecular flexibility index (Phi) is 4.30. The van der Waals surface area contributed by atoms with Crippen molar-refractivity contribution < 1.29 is 4.43 Å². The maximum absolute atomic E-state index is 5.53. The van der Waals surface area contributed by atoms with Crippen molar-refractivity contribution in [3.05, 3.63) is 42.0 Å². The third-order valence-corrected chi connectivity index (χ3v) is 5.34. The van der Waals surface area contributed by atoms with E-state index in [2.05, 4.69) is 43.9 Å². The molecule has 1 nitrogen and oxygen atoms in total. The molecule has 0 aliphatic rings. The Hall–Kier alpha value is -0.863. The van der Waals surface area contributed by atoms with Gasteiger partial charge in [0, 0.05) is 7.11 Å². The van der Waals surface area contributed by atoms with E-state index in [-0.39, 0.29) is 0 Å². The zero-order chi connectivity index (χ0) is 11.3. The van der Waals surface area contributed by atoms with Crippen molar-refractivity contribution in [1.29, 1.82) is 0 Å². The van der Waals surface area contributed by atoms with Crippen LogP contribution < -0.4 is 0 Å². The summed E-state index contributed by atoms with van der Waals surface area (Å²) in [6.07, 6.45) is 2.99. The van der Waals surface area contributed by atoms with Gasteiger partial charge in [0.2, 0.25) is 0 Å². The van der Waals surface area contributed by atoms with E-state index in [1.54, 1.807) is 0 Å². The largest absolute Gasteiger partial charge is 0.420 e. The van der Waals surface area contributed by atoms with Crippen LogP contribution in [0.2, 0.25) is 19.1 Å². The van der Waals surface area contributed by atoms with Gasteiger partial charge < -0.3 is 4.43 Å². The molecule has 0 fully saturated rings. The van der Waals surface area contributed by atoms with E-state index in [4.69, 9.17) is 4.43 Å². The predicted octanol–water partition coefficient (Wildman–Crippen LogP) is 3.72. The molecule has 1 aromatic carbocycles. The smallest absolute Gasteiger partial charge is 0.186 e. The molecule has 0 N–H and O–H groups in total. The molecule has 0 saturated carbocycles. The van der Waals surface area contributed by atoms with Crippen molar-refractivity contribution in [1.82, 2.24) is 0 Å². The summed E-state index contributed by atoms with van der Waals surface area (Å²) >= 11 is 0. The number of benzene rings is 1. The van der Waals surface area contributed by atoms with Crippen LogP contribution in [0.25, 0.3) is 6.08 Å². The lowest BCUT2D eigenvalue weighted by Crippen LogP contribution is -2.28. The molecule has 0 aliphatic carbocycles. The topological polar surface area (TPSA) is 9.23 Å². The lowest BCUT2D eigenvalue weighted by atomic mass is 10.1. The quantitative estimate of drug-likeness (QED) is 0.687. The standard InChI is InChI=1S/C13H20OSi/c1-5-12-6-8-13(9-7-12)10-11-15(3,4)14-2/h5-9H,1,10-11H2,2-4H3. The van der Waals surface area contributed by atoms with Gasteiger partial charge in [0.25, 0.3) is 0 Å². The van der Waals surface area contributed by atoms with E-state index < -0.39 is 8.32 Å². The van der Waals surface area contributed by atoms with Gasteiger partial charge in [-0.1, -0.05) is 36.9 Å². The molecule has 0 aromatic heterocycles. The minimum Gasteiger partial charge on any atom is -0.420 e. The number of rotatable bonds is 5. The normalized spacial score (nSPS) is 11.4. The van der Waals surface area contributed by atoms with Crippen LogP contribution in [0.5, 0.6) is 0 Å². The van der Waals surface area contributed by atoms with Crippen molar-refractivity contribution >= 4 is 14.4 Å². The van der Waals surface area contributed by atoms with E-state index in [0.717, 1.165) is 6.42 Å². The molecule has 82 valence electrons. The fourth-order valence-electron chi connectivity index (χ4n) is 1.37. The summed E-state index contributed by atoms with van der Waals surface area (Å²) in [7, 11) is 0.424. The Labute approximate surface area is 93.9 Å². The molecule has 0 heterocycles. The summed E-state index contributed by atoms with van der Waals surface area (Å²) in [5.41, 5.74) is 2.57. The van der Waals surface area contributed by atoms with Gasteiger partial charge in [-0.25, -0.2) is 0 Å². The summed E-state index contributed by atoms with van der Waals surface area (Å²) < 4.78 is 5.53. The molecule has 0 unspecified atom stereocenters. The number of hydrogen-bond acceptors (Lipinski definition) is 1. The Bertz CT molecular complexity index is 314. The minimum atomic E-state index is -1.40. The van der Waals surface area contributed by atoms with Crippen molar-refractivity contribution in [3.63, 3.8) is 0 Å². The third-order valence-electron chi connectivity index (χ3n) is 2.78. The van der Waals surface area contributed by atoms with Gasteiger partial charge >= 0.3 is 0 Å². The molecule has 0 saturated heterocycles. The molecule has 15 heavy (non-hydrogen) atoms. The molecule has 0 spiro atoms. The van der Waals surface area contributed by atoms with Crippen LogP contribution >= 0.6 is 0 Å². The highest BCUT2D eigenvalue weighted by Crippen LogP contribution is 2.15. The van der Waals surface area contributed by atoms with Crippen molar-refractivity contribution in [2.24, 2.45) is 0 Å². The first-order valence-electron chi connectivity index (χ1n) is 5.34. The molecular formula is C13H20OSi. The van der Waals surface area contributed by atoms with Gasteiger partial charge in [0.15, 0.2) is 8.32 Å². The van der Waals surface area contributed by atoms with Crippen molar-refractivity contribution in [3.8, 4) is 0 Å². The SMILES string of the molecule is C=Cc1ccc(CC[Si](C)(C)OC)cc1. The molecule has 1 aromatic rings. The molecule has 0 aliphatic heterocycles. The Morgan fingerprint density at radius 2 is 1.87 bits per heavy atom. The lowest BCUT2D eigenvalue weighted by Gasteiger charge is -2.19. The first kappa shape index (κ1) is 12.2. The predicted molar refractivity (Wildman–Crippen MR) is 69.5 cm³/mol. The first-order chi connectivity index (χ1) is 7.07. The number of hydrogen-bond donors (Lipinski definition) is 0. The second kappa shape index (κ2) is 5.28. The Morgan fingerprint density at radius 3 is 2.33 bits per heavy atom. The van der Waals surface area contributed by atoms with Gasteiger partial charge in [-0.05, 0) is 36.7 Å². The van der Waals surface area contributed by atoms with Crippen molar-refractivity contribution in [2.45, 2.75) is 25.6 Å². The zero-order valence-electron chi connectivity index (χ0n) is 9.92. The van der Waals surface area contributed by atoms with Crippen LogP contribution in [0.1, 0.15) is 11.1 Å². The molecule has 0 atom stereocenters. The average Bonchev–Trinajstić information content (AvgIpc) is 2.27. The Balaban J connectivity index is 2.54. The highest BCUT2D eigenvalue weighted by Gasteiger charge is 2.19. The fourth-order valence-corrected chi connectivity index (χ4v) is 2.46. The first-order valence-corrected chi connectivity index (χ1v) is 8.45. The van der Waals surface area contributed by atoms with Crippen LogP contribution in [0.3, 0.4) is 0 Å². The summed E-state index contributed by atoms with van der Waals surface area (Å²) in [6, 6.07) is 9.76. The van der Waals surface area contributed by atoms with Gasteiger partial charge in [-0.15, -0.1) is 0 Å². The monoisotopic (exact) mass is 220 g/mol. The second-order valence-electron chi connectivity index (χ2n) is 4.41. The molecule has 0 radical (unpaired) electrons.